The third-order valence-electron chi connectivity index (χ3n) is 4.07. The van der Waals surface area contributed by atoms with Gasteiger partial charge in [-0.2, -0.15) is 0 Å². The first kappa shape index (κ1) is 13.8. The maximum absolute atomic E-state index is 2.41. The summed E-state index contributed by atoms with van der Waals surface area (Å²) < 4.78 is 0. The van der Waals surface area contributed by atoms with Crippen molar-refractivity contribution in [3.05, 3.63) is 12.2 Å². The number of rotatable bonds is 7. The van der Waals surface area contributed by atoms with Crippen molar-refractivity contribution in [2.45, 2.75) is 78.1 Å². The van der Waals surface area contributed by atoms with Gasteiger partial charge in [0.05, 0.1) is 0 Å². The Morgan fingerprint density at radius 1 is 0.938 bits per heavy atom. The largest absolute Gasteiger partial charge is 0.0914 e. The van der Waals surface area contributed by atoms with E-state index >= 15 is 0 Å². The Kier molecular flexibility index (Phi) is 7.63. The van der Waals surface area contributed by atoms with Gasteiger partial charge in [0.1, 0.15) is 0 Å². The van der Waals surface area contributed by atoms with Gasteiger partial charge in [0.25, 0.3) is 0 Å². The molecule has 0 aromatic rings. The molecule has 0 saturated heterocycles. The molecule has 1 saturated carbocycles. The molecule has 1 rings (SSSR count). The molecule has 16 heavy (non-hydrogen) atoms. The van der Waals surface area contributed by atoms with Crippen LogP contribution in [-0.2, 0) is 0 Å². The molecule has 0 bridgehead atoms. The van der Waals surface area contributed by atoms with Crippen molar-refractivity contribution in [3.63, 3.8) is 0 Å². The van der Waals surface area contributed by atoms with E-state index in [1.165, 1.54) is 64.2 Å². The molecule has 0 heteroatoms. The van der Waals surface area contributed by atoms with E-state index in [1.807, 2.05) is 0 Å². The molecule has 0 spiro atoms. The summed E-state index contributed by atoms with van der Waals surface area (Å²) >= 11 is 0. The molecule has 0 aromatic heterocycles. The monoisotopic (exact) mass is 222 g/mol. The fourth-order valence-corrected chi connectivity index (χ4v) is 2.98. The van der Waals surface area contributed by atoms with Crippen molar-refractivity contribution in [2.75, 3.05) is 0 Å². The third-order valence-corrected chi connectivity index (χ3v) is 4.07. The van der Waals surface area contributed by atoms with Gasteiger partial charge in [-0.05, 0) is 44.4 Å². The molecule has 94 valence electrons. The van der Waals surface area contributed by atoms with Crippen LogP contribution in [0, 0.1) is 11.8 Å². The Hall–Kier alpha value is -0.260. The van der Waals surface area contributed by atoms with Crippen LogP contribution in [0.2, 0.25) is 0 Å². The van der Waals surface area contributed by atoms with E-state index < -0.39 is 0 Å². The Morgan fingerprint density at radius 2 is 1.62 bits per heavy atom. The van der Waals surface area contributed by atoms with Crippen LogP contribution in [0.1, 0.15) is 78.1 Å². The summed E-state index contributed by atoms with van der Waals surface area (Å²) in [5, 5.41) is 0. The van der Waals surface area contributed by atoms with E-state index in [9.17, 15) is 0 Å². The fourth-order valence-electron chi connectivity index (χ4n) is 2.98. The van der Waals surface area contributed by atoms with E-state index in [2.05, 4.69) is 26.0 Å². The molecule has 1 aliphatic rings. The minimum atomic E-state index is 0.904. The molecular formula is C16H30. The molecule has 0 atom stereocenters. The normalized spacial score (nSPS) is 26.4. The van der Waals surface area contributed by atoms with Gasteiger partial charge in [-0.3, -0.25) is 0 Å². The molecule has 0 aromatic carbocycles. The second kappa shape index (κ2) is 8.84. The first-order valence-electron chi connectivity index (χ1n) is 7.49. The SMILES string of the molecule is CC=CC1CCC(CCCCCCC)CC1. The molecule has 0 unspecified atom stereocenters. The van der Waals surface area contributed by atoms with Crippen LogP contribution in [0.15, 0.2) is 12.2 Å². The summed E-state index contributed by atoms with van der Waals surface area (Å²) in [4.78, 5) is 0. The standard InChI is InChI=1S/C16H30/c1-3-5-6-7-8-10-16-13-11-15(9-4-2)12-14-16/h4,9,15-16H,3,5-8,10-14H2,1-2H3. The lowest BCUT2D eigenvalue weighted by molar-refractivity contribution is 0.288. The minimum Gasteiger partial charge on any atom is -0.0914 e. The Balaban J connectivity index is 1.99. The minimum absolute atomic E-state index is 0.904. The van der Waals surface area contributed by atoms with Gasteiger partial charge in [0.2, 0.25) is 0 Å². The summed E-state index contributed by atoms with van der Waals surface area (Å²) in [6, 6.07) is 0. The number of unbranched alkanes of at least 4 members (excludes halogenated alkanes) is 4. The summed E-state index contributed by atoms with van der Waals surface area (Å²) in [6.07, 6.45) is 19.3. The van der Waals surface area contributed by atoms with Crippen LogP contribution in [0.4, 0.5) is 0 Å². The van der Waals surface area contributed by atoms with Gasteiger partial charge in [-0.15, -0.1) is 0 Å². The van der Waals surface area contributed by atoms with Crippen molar-refractivity contribution >= 4 is 0 Å². The van der Waals surface area contributed by atoms with Crippen LogP contribution in [0.3, 0.4) is 0 Å². The fraction of sp³-hybridized carbons (Fsp3) is 0.875. The average Bonchev–Trinajstić information content (AvgIpc) is 2.31. The average molecular weight is 222 g/mol. The van der Waals surface area contributed by atoms with Crippen molar-refractivity contribution in [3.8, 4) is 0 Å². The highest BCUT2D eigenvalue weighted by molar-refractivity contribution is 4.88. The lowest BCUT2D eigenvalue weighted by Gasteiger charge is -2.26. The molecule has 0 radical (unpaired) electrons. The zero-order chi connectivity index (χ0) is 11.6. The van der Waals surface area contributed by atoms with Crippen molar-refractivity contribution < 1.29 is 0 Å². The Bertz CT molecular complexity index is 172. The van der Waals surface area contributed by atoms with Gasteiger partial charge in [-0.1, -0.05) is 57.6 Å². The molecule has 1 aliphatic carbocycles. The predicted molar refractivity (Wildman–Crippen MR) is 73.6 cm³/mol. The predicted octanol–water partition coefficient (Wildman–Crippen LogP) is 5.73. The molecule has 0 nitrogen and oxygen atoms in total. The Labute approximate surface area is 103 Å². The molecule has 0 amide bonds. The first-order valence-corrected chi connectivity index (χ1v) is 7.49. The highest BCUT2D eigenvalue weighted by Crippen LogP contribution is 2.32. The van der Waals surface area contributed by atoms with E-state index in [1.54, 1.807) is 0 Å². The number of hydrogen-bond acceptors (Lipinski definition) is 0. The topological polar surface area (TPSA) is 0 Å². The van der Waals surface area contributed by atoms with Gasteiger partial charge < -0.3 is 0 Å². The zero-order valence-corrected chi connectivity index (χ0v) is 11.4. The molecule has 0 aliphatic heterocycles. The highest BCUT2D eigenvalue weighted by Gasteiger charge is 2.18. The maximum atomic E-state index is 2.41. The third kappa shape index (κ3) is 5.72. The highest BCUT2D eigenvalue weighted by atomic mass is 14.2. The van der Waals surface area contributed by atoms with Gasteiger partial charge in [0.15, 0.2) is 0 Å². The van der Waals surface area contributed by atoms with Crippen molar-refractivity contribution in [1.29, 1.82) is 0 Å². The van der Waals surface area contributed by atoms with E-state index in [4.69, 9.17) is 0 Å². The van der Waals surface area contributed by atoms with E-state index in [-0.39, 0.29) is 0 Å². The summed E-state index contributed by atoms with van der Waals surface area (Å²) in [5.74, 6) is 1.96. The number of allylic oxidation sites excluding steroid dienone is 2. The Morgan fingerprint density at radius 3 is 2.25 bits per heavy atom. The molecular weight excluding hydrogens is 192 g/mol. The lowest BCUT2D eigenvalue weighted by Crippen LogP contribution is -2.12. The van der Waals surface area contributed by atoms with Gasteiger partial charge in [-0.25, -0.2) is 0 Å². The maximum Gasteiger partial charge on any atom is -0.0233 e. The number of hydrogen-bond donors (Lipinski definition) is 0. The van der Waals surface area contributed by atoms with Crippen LogP contribution in [-0.4, -0.2) is 0 Å². The van der Waals surface area contributed by atoms with Gasteiger partial charge >= 0.3 is 0 Å². The molecule has 0 N–H and O–H groups in total. The summed E-state index contributed by atoms with van der Waals surface area (Å²) in [5.41, 5.74) is 0. The van der Waals surface area contributed by atoms with Gasteiger partial charge in [0, 0.05) is 0 Å². The zero-order valence-electron chi connectivity index (χ0n) is 11.4. The van der Waals surface area contributed by atoms with Crippen LogP contribution in [0.25, 0.3) is 0 Å². The van der Waals surface area contributed by atoms with Crippen LogP contribution < -0.4 is 0 Å². The van der Waals surface area contributed by atoms with Crippen molar-refractivity contribution in [2.24, 2.45) is 11.8 Å². The second-order valence-corrected chi connectivity index (χ2v) is 5.51. The summed E-state index contributed by atoms with van der Waals surface area (Å²) in [6.45, 7) is 4.45. The van der Waals surface area contributed by atoms with Crippen molar-refractivity contribution in [1.82, 2.24) is 0 Å². The van der Waals surface area contributed by atoms with Crippen LogP contribution in [0.5, 0.6) is 0 Å². The lowest BCUT2D eigenvalue weighted by atomic mass is 9.79. The second-order valence-electron chi connectivity index (χ2n) is 5.51. The molecule has 0 heterocycles. The quantitative estimate of drug-likeness (QED) is 0.381. The van der Waals surface area contributed by atoms with E-state index in [0.717, 1.165) is 11.8 Å². The smallest absolute Gasteiger partial charge is 0.0233 e. The first-order chi connectivity index (χ1) is 7.86. The van der Waals surface area contributed by atoms with E-state index in [0.29, 0.717) is 0 Å². The summed E-state index contributed by atoms with van der Waals surface area (Å²) in [7, 11) is 0. The molecule has 1 fully saturated rings. The van der Waals surface area contributed by atoms with Crippen LogP contribution >= 0.6 is 0 Å².